The number of aryl methyl sites for hydroxylation is 1. The Hall–Kier alpha value is -1.39. The second-order valence-corrected chi connectivity index (χ2v) is 5.83. The highest BCUT2D eigenvalue weighted by Crippen LogP contribution is 2.28. The maximum absolute atomic E-state index is 5.86. The summed E-state index contributed by atoms with van der Waals surface area (Å²) < 4.78 is 6.90. The zero-order valence-electron chi connectivity index (χ0n) is 12.0. The lowest BCUT2D eigenvalue weighted by Crippen LogP contribution is -2.21. The third-order valence-electron chi connectivity index (χ3n) is 2.91. The number of hydrogen-bond acceptors (Lipinski definition) is 3. The largest absolute Gasteiger partial charge is 0.455 e. The van der Waals surface area contributed by atoms with E-state index in [9.17, 15) is 0 Å². The van der Waals surface area contributed by atoms with Crippen molar-refractivity contribution in [2.24, 2.45) is 0 Å². The van der Waals surface area contributed by atoms with Crippen molar-refractivity contribution < 1.29 is 4.74 Å². The molecular weight excluding hydrogens is 316 g/mol. The summed E-state index contributed by atoms with van der Waals surface area (Å²) in [7, 11) is 0. The summed E-state index contributed by atoms with van der Waals surface area (Å²) in [6.45, 7) is 7.04. The Bertz CT molecular complexity index is 584. The molecule has 2 aromatic rings. The molecule has 0 bridgehead atoms. The first-order valence-corrected chi connectivity index (χ1v) is 7.47. The summed E-state index contributed by atoms with van der Waals surface area (Å²) in [6, 6.07) is 10.3. The maximum Gasteiger partial charge on any atom is 0.148 e. The van der Waals surface area contributed by atoms with Crippen molar-refractivity contribution in [3.05, 3.63) is 52.3 Å². The van der Waals surface area contributed by atoms with Crippen molar-refractivity contribution in [3.8, 4) is 11.5 Å². The minimum Gasteiger partial charge on any atom is -0.455 e. The second kappa shape index (κ2) is 6.86. The zero-order chi connectivity index (χ0) is 14.5. The van der Waals surface area contributed by atoms with E-state index in [0.29, 0.717) is 6.04 Å². The highest BCUT2D eigenvalue weighted by atomic mass is 79.9. The number of nitrogens with zero attached hydrogens (tertiary/aromatic N) is 1. The van der Waals surface area contributed by atoms with Crippen molar-refractivity contribution >= 4 is 15.9 Å². The van der Waals surface area contributed by atoms with E-state index in [1.165, 1.54) is 5.56 Å². The van der Waals surface area contributed by atoms with Gasteiger partial charge in [0.1, 0.15) is 11.5 Å². The van der Waals surface area contributed by atoms with E-state index in [2.05, 4.69) is 46.1 Å². The fourth-order valence-corrected chi connectivity index (χ4v) is 2.25. The van der Waals surface area contributed by atoms with Crippen LogP contribution in [0.2, 0.25) is 0 Å². The van der Waals surface area contributed by atoms with E-state index in [-0.39, 0.29) is 0 Å². The predicted octanol–water partition coefficient (Wildman–Crippen LogP) is 4.44. The van der Waals surface area contributed by atoms with Gasteiger partial charge < -0.3 is 10.1 Å². The maximum atomic E-state index is 5.86. The number of rotatable bonds is 5. The van der Waals surface area contributed by atoms with E-state index >= 15 is 0 Å². The first-order chi connectivity index (χ1) is 9.56. The molecule has 0 fully saturated rings. The van der Waals surface area contributed by atoms with Gasteiger partial charge >= 0.3 is 0 Å². The topological polar surface area (TPSA) is 34.1 Å². The Kier molecular flexibility index (Phi) is 5.15. The van der Waals surface area contributed by atoms with E-state index in [0.717, 1.165) is 28.2 Å². The first-order valence-electron chi connectivity index (χ1n) is 6.67. The summed E-state index contributed by atoms with van der Waals surface area (Å²) in [4.78, 5) is 4.22. The summed E-state index contributed by atoms with van der Waals surface area (Å²) in [5, 5.41) is 3.40. The van der Waals surface area contributed by atoms with Gasteiger partial charge in [0.25, 0.3) is 0 Å². The average molecular weight is 335 g/mol. The molecule has 106 valence electrons. The van der Waals surface area contributed by atoms with Crippen LogP contribution in [0.5, 0.6) is 11.5 Å². The molecule has 0 atom stereocenters. The standard InChI is InChI=1S/C16H19BrN2O/c1-11(2)19-10-13-6-7-14(9-15(13)17)20-16-5-4-8-18-12(16)3/h4-9,11,19H,10H2,1-3H3. The van der Waals surface area contributed by atoms with Crippen molar-refractivity contribution in [1.29, 1.82) is 0 Å². The smallest absolute Gasteiger partial charge is 0.148 e. The molecule has 1 N–H and O–H groups in total. The van der Waals surface area contributed by atoms with E-state index in [4.69, 9.17) is 4.74 Å². The number of hydrogen-bond donors (Lipinski definition) is 1. The third kappa shape index (κ3) is 4.05. The fraction of sp³-hybridized carbons (Fsp3) is 0.312. The van der Waals surface area contributed by atoms with Crippen molar-refractivity contribution in [3.63, 3.8) is 0 Å². The van der Waals surface area contributed by atoms with Gasteiger partial charge in [-0.2, -0.15) is 0 Å². The lowest BCUT2D eigenvalue weighted by atomic mass is 10.2. The summed E-state index contributed by atoms with van der Waals surface area (Å²) in [6.07, 6.45) is 1.76. The van der Waals surface area contributed by atoms with Crippen LogP contribution >= 0.6 is 15.9 Å². The quantitative estimate of drug-likeness (QED) is 0.877. The van der Waals surface area contributed by atoms with Gasteiger partial charge in [-0.15, -0.1) is 0 Å². The van der Waals surface area contributed by atoms with E-state index < -0.39 is 0 Å². The SMILES string of the molecule is Cc1ncccc1Oc1ccc(CNC(C)C)c(Br)c1. The van der Waals surface area contributed by atoms with Crippen LogP contribution in [0.25, 0.3) is 0 Å². The molecule has 4 heteroatoms. The highest BCUT2D eigenvalue weighted by Gasteiger charge is 2.05. The Morgan fingerprint density at radius 1 is 1.30 bits per heavy atom. The molecule has 1 aromatic carbocycles. The Morgan fingerprint density at radius 3 is 2.75 bits per heavy atom. The van der Waals surface area contributed by atoms with Crippen LogP contribution in [0.1, 0.15) is 25.1 Å². The van der Waals surface area contributed by atoms with E-state index in [1.54, 1.807) is 6.20 Å². The molecule has 0 saturated heterocycles. The van der Waals surface area contributed by atoms with Crippen molar-refractivity contribution in [2.45, 2.75) is 33.4 Å². The normalized spacial score (nSPS) is 10.8. The molecule has 3 nitrogen and oxygen atoms in total. The van der Waals surface area contributed by atoms with Crippen molar-refractivity contribution in [2.75, 3.05) is 0 Å². The monoisotopic (exact) mass is 334 g/mol. The Labute approximate surface area is 128 Å². The average Bonchev–Trinajstić information content (AvgIpc) is 2.40. The van der Waals surface area contributed by atoms with Crippen LogP contribution in [0, 0.1) is 6.92 Å². The minimum absolute atomic E-state index is 0.468. The molecule has 0 amide bonds. The summed E-state index contributed by atoms with van der Waals surface area (Å²) in [5.74, 6) is 1.59. The molecule has 0 aliphatic carbocycles. The summed E-state index contributed by atoms with van der Waals surface area (Å²) >= 11 is 3.59. The van der Waals surface area contributed by atoms with Gasteiger partial charge in [0.2, 0.25) is 0 Å². The molecule has 20 heavy (non-hydrogen) atoms. The molecule has 0 aliphatic rings. The molecule has 2 rings (SSSR count). The van der Waals surface area contributed by atoms with Crippen LogP contribution in [0.4, 0.5) is 0 Å². The molecule has 1 aromatic heterocycles. The zero-order valence-corrected chi connectivity index (χ0v) is 13.6. The Morgan fingerprint density at radius 2 is 2.10 bits per heavy atom. The number of pyridine rings is 1. The molecule has 0 saturated carbocycles. The number of halogens is 1. The van der Waals surface area contributed by atoms with Crippen LogP contribution in [0.15, 0.2) is 41.0 Å². The molecule has 0 aliphatic heterocycles. The molecule has 0 unspecified atom stereocenters. The summed E-state index contributed by atoms with van der Waals surface area (Å²) in [5.41, 5.74) is 2.10. The van der Waals surface area contributed by atoms with Gasteiger partial charge in [-0.1, -0.05) is 35.8 Å². The van der Waals surface area contributed by atoms with E-state index in [1.807, 2.05) is 31.2 Å². The fourth-order valence-electron chi connectivity index (χ4n) is 1.75. The molecule has 1 heterocycles. The van der Waals surface area contributed by atoms with Gasteiger partial charge in [0, 0.05) is 23.3 Å². The number of nitrogens with one attached hydrogen (secondary N) is 1. The molecular formula is C16H19BrN2O. The van der Waals surface area contributed by atoms with Crippen LogP contribution < -0.4 is 10.1 Å². The Balaban J connectivity index is 2.11. The number of aromatic nitrogens is 1. The van der Waals surface area contributed by atoms with Gasteiger partial charge in [0.15, 0.2) is 0 Å². The number of benzene rings is 1. The van der Waals surface area contributed by atoms with Crippen LogP contribution in [-0.2, 0) is 6.54 Å². The lowest BCUT2D eigenvalue weighted by Gasteiger charge is -2.12. The van der Waals surface area contributed by atoms with Crippen LogP contribution in [-0.4, -0.2) is 11.0 Å². The predicted molar refractivity (Wildman–Crippen MR) is 85.2 cm³/mol. The molecule has 0 spiro atoms. The molecule has 0 radical (unpaired) electrons. The van der Waals surface area contributed by atoms with Gasteiger partial charge in [-0.3, -0.25) is 4.98 Å². The lowest BCUT2D eigenvalue weighted by molar-refractivity contribution is 0.475. The van der Waals surface area contributed by atoms with Gasteiger partial charge in [-0.25, -0.2) is 0 Å². The van der Waals surface area contributed by atoms with Gasteiger partial charge in [0.05, 0.1) is 5.69 Å². The highest BCUT2D eigenvalue weighted by molar-refractivity contribution is 9.10. The first kappa shape index (κ1) is 15.0. The second-order valence-electron chi connectivity index (χ2n) is 4.98. The minimum atomic E-state index is 0.468. The number of ether oxygens (including phenoxy) is 1. The van der Waals surface area contributed by atoms with Gasteiger partial charge in [-0.05, 0) is 36.8 Å². The van der Waals surface area contributed by atoms with Crippen LogP contribution in [0.3, 0.4) is 0 Å². The van der Waals surface area contributed by atoms with Crippen molar-refractivity contribution in [1.82, 2.24) is 10.3 Å². The third-order valence-corrected chi connectivity index (χ3v) is 3.65.